The molecule has 1 amide bonds. The molecule has 8 heteroatoms. The van der Waals surface area contributed by atoms with Crippen molar-refractivity contribution in [2.24, 2.45) is 10.8 Å². The Hall–Kier alpha value is -2.87. The van der Waals surface area contributed by atoms with Crippen molar-refractivity contribution in [1.29, 1.82) is 0 Å². The summed E-state index contributed by atoms with van der Waals surface area (Å²) in [6.07, 6.45) is 3.02. The highest BCUT2D eigenvalue weighted by atomic mass is 32.1. The minimum atomic E-state index is -1.17. The molecule has 0 spiro atoms. The largest absolute Gasteiger partial charge is 0.480 e. The highest BCUT2D eigenvalue weighted by Gasteiger charge is 2.41. The highest BCUT2D eigenvalue weighted by molar-refractivity contribution is 7.18. The SMILES string of the molecule is CC(=O)N(Cc1cccc(-c2sc(C(=O)O)c(OCC(=O)O)c2C)c1)C1CC(C)(C)CC(C)(C)C1. The van der Waals surface area contributed by atoms with Crippen molar-refractivity contribution in [1.82, 2.24) is 4.90 Å². The number of hydrogen-bond donors (Lipinski definition) is 2. The zero-order chi connectivity index (χ0) is 26.1. The summed E-state index contributed by atoms with van der Waals surface area (Å²) in [6, 6.07) is 7.88. The molecule has 0 saturated heterocycles. The summed E-state index contributed by atoms with van der Waals surface area (Å²) in [6.45, 7) is 12.3. The van der Waals surface area contributed by atoms with E-state index in [4.69, 9.17) is 9.84 Å². The Balaban J connectivity index is 1.92. The number of carboxylic acids is 2. The Morgan fingerprint density at radius 2 is 1.74 bits per heavy atom. The van der Waals surface area contributed by atoms with E-state index < -0.39 is 18.5 Å². The molecule has 1 aliphatic carbocycles. The number of thiophene rings is 1. The molecule has 35 heavy (non-hydrogen) atoms. The molecule has 3 rings (SSSR count). The molecule has 1 heterocycles. The maximum atomic E-state index is 12.7. The molecule has 190 valence electrons. The first kappa shape index (κ1) is 26.7. The molecule has 0 bridgehead atoms. The highest BCUT2D eigenvalue weighted by Crippen LogP contribution is 2.47. The fourth-order valence-electron chi connectivity index (χ4n) is 5.74. The number of carbonyl (C=O) groups excluding carboxylic acids is 1. The Labute approximate surface area is 210 Å². The number of hydrogen-bond acceptors (Lipinski definition) is 5. The predicted octanol–water partition coefficient (Wildman–Crippen LogP) is 5.84. The van der Waals surface area contributed by atoms with Gasteiger partial charge in [0.15, 0.2) is 11.5 Å². The standard InChI is InChI=1S/C27H35NO6S/c1-16-22(34-14-21(30)31)24(25(32)33)35-23(16)19-9-7-8-18(10-19)13-28(17(2)29)20-11-26(3,4)15-27(5,6)12-20/h7-10,20H,11-15H2,1-6H3,(H,30,31)(H,32,33). The van der Waals surface area contributed by atoms with Crippen molar-refractivity contribution in [3.63, 3.8) is 0 Å². The molecule has 0 radical (unpaired) electrons. The van der Waals surface area contributed by atoms with Gasteiger partial charge in [0.1, 0.15) is 5.75 Å². The number of rotatable bonds is 8. The number of amides is 1. The first-order chi connectivity index (χ1) is 16.2. The lowest BCUT2D eigenvalue weighted by Gasteiger charge is -2.48. The summed E-state index contributed by atoms with van der Waals surface area (Å²) in [5.74, 6) is -2.21. The van der Waals surface area contributed by atoms with Gasteiger partial charge in [-0.25, -0.2) is 9.59 Å². The third-order valence-electron chi connectivity index (χ3n) is 6.55. The maximum absolute atomic E-state index is 12.7. The van der Waals surface area contributed by atoms with Gasteiger partial charge < -0.3 is 19.8 Å². The molecule has 0 aliphatic heterocycles. The van der Waals surface area contributed by atoms with Crippen LogP contribution >= 0.6 is 11.3 Å². The van der Waals surface area contributed by atoms with Crippen LogP contribution in [-0.2, 0) is 16.1 Å². The molecule has 0 unspecified atom stereocenters. The minimum absolute atomic E-state index is 0.0267. The Morgan fingerprint density at radius 3 is 2.29 bits per heavy atom. The number of carboxylic acid groups (broad SMARTS) is 2. The van der Waals surface area contributed by atoms with Crippen LogP contribution in [0.5, 0.6) is 5.75 Å². The van der Waals surface area contributed by atoms with Crippen molar-refractivity contribution >= 4 is 29.2 Å². The van der Waals surface area contributed by atoms with Crippen molar-refractivity contribution < 1.29 is 29.3 Å². The van der Waals surface area contributed by atoms with Gasteiger partial charge in [-0.2, -0.15) is 0 Å². The van der Waals surface area contributed by atoms with Crippen LogP contribution in [0.4, 0.5) is 0 Å². The van der Waals surface area contributed by atoms with Gasteiger partial charge in [-0.05, 0) is 54.2 Å². The van der Waals surface area contributed by atoms with Crippen molar-refractivity contribution in [3.05, 3.63) is 40.3 Å². The molecule has 1 saturated carbocycles. The van der Waals surface area contributed by atoms with Crippen molar-refractivity contribution in [2.75, 3.05) is 6.61 Å². The summed E-state index contributed by atoms with van der Waals surface area (Å²) < 4.78 is 5.31. The first-order valence-corrected chi connectivity index (χ1v) is 12.6. The third-order valence-corrected chi connectivity index (χ3v) is 7.86. The Bertz CT molecular complexity index is 1120. The number of benzene rings is 1. The van der Waals surface area contributed by atoms with Gasteiger partial charge in [-0.1, -0.05) is 45.9 Å². The van der Waals surface area contributed by atoms with E-state index in [0.717, 1.165) is 41.7 Å². The van der Waals surface area contributed by atoms with Crippen LogP contribution in [0, 0.1) is 17.8 Å². The molecule has 2 aromatic rings. The van der Waals surface area contributed by atoms with Gasteiger partial charge >= 0.3 is 11.9 Å². The lowest BCUT2D eigenvalue weighted by Crippen LogP contribution is -2.47. The number of carbonyl (C=O) groups is 3. The zero-order valence-electron chi connectivity index (χ0n) is 21.3. The van der Waals surface area contributed by atoms with Crippen molar-refractivity contribution in [2.45, 2.75) is 73.4 Å². The molecule has 7 nitrogen and oxygen atoms in total. The van der Waals surface area contributed by atoms with Gasteiger partial charge in [0.25, 0.3) is 0 Å². The summed E-state index contributed by atoms with van der Waals surface area (Å²) >= 11 is 1.06. The molecular formula is C27H35NO6S. The minimum Gasteiger partial charge on any atom is -0.480 e. The average molecular weight is 502 g/mol. The molecule has 1 aromatic carbocycles. The van der Waals surface area contributed by atoms with Crippen LogP contribution in [0.15, 0.2) is 24.3 Å². The number of ether oxygens (including phenoxy) is 1. The number of nitrogens with zero attached hydrogens (tertiary/aromatic N) is 1. The van der Waals surface area contributed by atoms with E-state index in [1.54, 1.807) is 13.8 Å². The summed E-state index contributed by atoms with van der Waals surface area (Å²) in [7, 11) is 0. The van der Waals surface area contributed by atoms with Crippen LogP contribution < -0.4 is 4.74 Å². The number of aromatic carboxylic acids is 1. The van der Waals surface area contributed by atoms with Crippen molar-refractivity contribution in [3.8, 4) is 16.2 Å². The van der Waals surface area contributed by atoms with Crippen LogP contribution in [0.3, 0.4) is 0 Å². The Kier molecular flexibility index (Phi) is 7.65. The number of aliphatic carboxylic acids is 1. The monoisotopic (exact) mass is 501 g/mol. The van der Waals surface area contributed by atoms with Gasteiger partial charge in [-0.3, -0.25) is 4.79 Å². The average Bonchev–Trinajstić information content (AvgIpc) is 3.04. The second kappa shape index (κ2) is 10.0. The predicted molar refractivity (Wildman–Crippen MR) is 136 cm³/mol. The van der Waals surface area contributed by atoms with Gasteiger partial charge in [0.2, 0.25) is 5.91 Å². The maximum Gasteiger partial charge on any atom is 0.349 e. The quantitative estimate of drug-likeness (QED) is 0.471. The van der Waals surface area contributed by atoms with E-state index in [2.05, 4.69) is 27.7 Å². The van der Waals surface area contributed by atoms with Crippen LogP contribution in [0.25, 0.3) is 10.4 Å². The molecule has 0 atom stereocenters. The van der Waals surface area contributed by atoms with E-state index in [9.17, 15) is 19.5 Å². The van der Waals surface area contributed by atoms with Gasteiger partial charge in [-0.15, -0.1) is 11.3 Å². The van der Waals surface area contributed by atoms with Crippen LogP contribution in [0.1, 0.15) is 74.7 Å². The fourth-order valence-corrected chi connectivity index (χ4v) is 6.82. The smallest absolute Gasteiger partial charge is 0.349 e. The third kappa shape index (κ3) is 6.42. The normalized spacial score (nSPS) is 17.1. The summed E-state index contributed by atoms with van der Waals surface area (Å²) in [5, 5.41) is 18.6. The topological polar surface area (TPSA) is 104 Å². The van der Waals surface area contributed by atoms with E-state index >= 15 is 0 Å². The zero-order valence-corrected chi connectivity index (χ0v) is 22.1. The lowest BCUT2D eigenvalue weighted by atomic mass is 9.63. The van der Waals surface area contributed by atoms with E-state index in [0.29, 0.717) is 17.0 Å². The van der Waals surface area contributed by atoms with Gasteiger partial charge in [0.05, 0.1) is 0 Å². The van der Waals surface area contributed by atoms with Gasteiger partial charge in [0, 0.05) is 30.0 Å². The van der Waals surface area contributed by atoms with Crippen LogP contribution in [-0.4, -0.2) is 45.6 Å². The van der Waals surface area contributed by atoms with E-state index in [1.165, 1.54) is 0 Å². The summed E-state index contributed by atoms with van der Waals surface area (Å²) in [5.41, 5.74) is 2.65. The lowest BCUT2D eigenvalue weighted by molar-refractivity contribution is -0.139. The second-order valence-electron chi connectivity index (χ2n) is 11.1. The van der Waals surface area contributed by atoms with E-state index in [-0.39, 0.29) is 33.4 Å². The van der Waals surface area contributed by atoms with Crippen LogP contribution in [0.2, 0.25) is 0 Å². The Morgan fingerprint density at radius 1 is 1.11 bits per heavy atom. The summed E-state index contributed by atoms with van der Waals surface area (Å²) in [4.78, 5) is 38.1. The first-order valence-electron chi connectivity index (χ1n) is 11.8. The van der Waals surface area contributed by atoms with E-state index in [1.807, 2.05) is 29.2 Å². The molecule has 1 aromatic heterocycles. The molecular weight excluding hydrogens is 466 g/mol. The second-order valence-corrected chi connectivity index (χ2v) is 12.1. The molecule has 2 N–H and O–H groups in total. The molecule has 1 fully saturated rings. The molecule has 1 aliphatic rings. The fraction of sp³-hybridized carbons (Fsp3) is 0.519.